The molecule has 3 N–H and O–H groups in total. The van der Waals surface area contributed by atoms with E-state index in [1.54, 1.807) is 18.2 Å². The third-order valence-corrected chi connectivity index (χ3v) is 7.11. The summed E-state index contributed by atoms with van der Waals surface area (Å²) in [5.41, 5.74) is 8.43. The molecule has 1 aromatic heterocycles. The van der Waals surface area contributed by atoms with Gasteiger partial charge in [-0.25, -0.2) is 4.39 Å². The Kier molecular flexibility index (Phi) is 4.82. The Balaban J connectivity index is 1.63. The number of fused-ring (bicyclic) bond motifs is 1. The van der Waals surface area contributed by atoms with Crippen molar-refractivity contribution in [3.63, 3.8) is 0 Å². The van der Waals surface area contributed by atoms with Crippen LogP contribution in [-0.2, 0) is 5.41 Å². The van der Waals surface area contributed by atoms with E-state index in [4.69, 9.17) is 10.5 Å². The van der Waals surface area contributed by atoms with E-state index in [0.717, 1.165) is 47.9 Å². The number of pyridine rings is 1. The normalized spacial score (nSPS) is 19.5. The van der Waals surface area contributed by atoms with Crippen LogP contribution >= 0.6 is 0 Å². The van der Waals surface area contributed by atoms with E-state index in [1.807, 2.05) is 13.0 Å². The fraction of sp³-hybridized carbons (Fsp3) is 0.360. The number of aromatic amines is 1. The molecule has 2 heterocycles. The zero-order chi connectivity index (χ0) is 22.6. The lowest BCUT2D eigenvalue weighted by Crippen LogP contribution is -2.48. The molecule has 166 valence electrons. The van der Waals surface area contributed by atoms with Gasteiger partial charge in [0.15, 0.2) is 0 Å². The minimum atomic E-state index is -0.511. The second-order valence-corrected chi connectivity index (χ2v) is 9.06. The van der Waals surface area contributed by atoms with Crippen LogP contribution in [0.15, 0.2) is 41.2 Å². The predicted octanol–water partition coefficient (Wildman–Crippen LogP) is 3.24. The Hall–Kier alpha value is -3.19. The molecular formula is C25H26FN3O3. The topological polar surface area (TPSA) is 88.4 Å². The average Bonchev–Trinajstić information content (AvgIpc) is 3.54. The van der Waals surface area contributed by atoms with Crippen LogP contribution in [0.1, 0.15) is 46.3 Å². The molecule has 1 unspecified atom stereocenters. The Bertz CT molecular complexity index is 1300. The summed E-state index contributed by atoms with van der Waals surface area (Å²) in [6.45, 7) is 3.48. The predicted molar refractivity (Wildman–Crippen MR) is 121 cm³/mol. The van der Waals surface area contributed by atoms with Gasteiger partial charge in [-0.15, -0.1) is 0 Å². The molecule has 0 bridgehead atoms. The number of hydrogen-bond acceptors (Lipinski definition) is 4. The highest BCUT2D eigenvalue weighted by Gasteiger charge is 2.48. The zero-order valence-electron chi connectivity index (χ0n) is 18.2. The van der Waals surface area contributed by atoms with Gasteiger partial charge in [-0.1, -0.05) is 0 Å². The highest BCUT2D eigenvalue weighted by atomic mass is 19.1. The van der Waals surface area contributed by atoms with Crippen molar-refractivity contribution >= 4 is 16.8 Å². The van der Waals surface area contributed by atoms with Gasteiger partial charge in [0.2, 0.25) is 11.5 Å². The Morgan fingerprint density at radius 1 is 1.25 bits per heavy atom. The molecule has 2 fully saturated rings. The van der Waals surface area contributed by atoms with Crippen LogP contribution in [0.2, 0.25) is 0 Å². The number of nitrogens with zero attached hydrogens (tertiary/aromatic N) is 1. The lowest BCUT2D eigenvalue weighted by atomic mass is 9.82. The summed E-state index contributed by atoms with van der Waals surface area (Å²) in [4.78, 5) is 29.6. The van der Waals surface area contributed by atoms with Gasteiger partial charge in [0.1, 0.15) is 18.2 Å². The first-order valence-electron chi connectivity index (χ1n) is 10.9. The van der Waals surface area contributed by atoms with Gasteiger partial charge in [-0.05, 0) is 86.8 Å². The summed E-state index contributed by atoms with van der Waals surface area (Å²) >= 11 is 0. The number of amides is 1. The number of nitrogens with two attached hydrogens (primary N) is 1. The van der Waals surface area contributed by atoms with Crippen molar-refractivity contribution in [1.29, 1.82) is 0 Å². The molecular weight excluding hydrogens is 409 g/mol. The van der Waals surface area contributed by atoms with E-state index in [1.165, 1.54) is 12.1 Å². The molecule has 1 saturated carbocycles. The fourth-order valence-electron chi connectivity index (χ4n) is 4.93. The van der Waals surface area contributed by atoms with Crippen molar-refractivity contribution < 1.29 is 13.9 Å². The number of likely N-dealkylation sites (tertiary alicyclic amines) is 1. The van der Waals surface area contributed by atoms with Gasteiger partial charge in [0.05, 0.1) is 5.52 Å². The van der Waals surface area contributed by atoms with E-state index in [9.17, 15) is 14.0 Å². The molecule has 6 nitrogen and oxygen atoms in total. The molecule has 1 aliphatic carbocycles. The van der Waals surface area contributed by atoms with Crippen LogP contribution in [0, 0.1) is 12.7 Å². The zero-order valence-corrected chi connectivity index (χ0v) is 18.2. The molecule has 0 spiro atoms. The van der Waals surface area contributed by atoms with Crippen LogP contribution in [0.5, 0.6) is 5.75 Å². The van der Waals surface area contributed by atoms with E-state index < -0.39 is 17.1 Å². The maximum absolute atomic E-state index is 13.8. The van der Waals surface area contributed by atoms with Crippen molar-refractivity contribution in [1.82, 2.24) is 9.88 Å². The van der Waals surface area contributed by atoms with Crippen molar-refractivity contribution in [3.05, 3.63) is 74.8 Å². The number of likely N-dealkylation sites (N-methyl/N-ethyl adjacent to an activating group) is 1. The van der Waals surface area contributed by atoms with E-state index in [0.29, 0.717) is 29.5 Å². The van der Waals surface area contributed by atoms with E-state index >= 15 is 0 Å². The minimum absolute atomic E-state index is 0.280. The molecule has 5 rings (SSSR count). The molecule has 1 amide bonds. The summed E-state index contributed by atoms with van der Waals surface area (Å²) < 4.78 is 19.9. The smallest absolute Gasteiger partial charge is 0.249 e. The lowest BCUT2D eigenvalue weighted by Gasteiger charge is -2.37. The first-order chi connectivity index (χ1) is 15.3. The number of ether oxygens (including phenoxy) is 1. The first kappa shape index (κ1) is 20.7. The van der Waals surface area contributed by atoms with Gasteiger partial charge >= 0.3 is 0 Å². The second kappa shape index (κ2) is 7.45. The average molecular weight is 435 g/mol. The van der Waals surface area contributed by atoms with E-state index in [-0.39, 0.29) is 5.56 Å². The Morgan fingerprint density at radius 3 is 2.66 bits per heavy atom. The van der Waals surface area contributed by atoms with Crippen LogP contribution in [-0.4, -0.2) is 42.0 Å². The summed E-state index contributed by atoms with van der Waals surface area (Å²) in [5, 5.41) is 0.797. The number of carbonyl (C=O) groups excluding carboxylic acids is 1. The minimum Gasteiger partial charge on any atom is -0.492 e. The molecule has 32 heavy (non-hydrogen) atoms. The molecule has 7 heteroatoms. The van der Waals surface area contributed by atoms with Gasteiger partial charge in [0.25, 0.3) is 0 Å². The number of halogens is 1. The fourth-order valence-corrected chi connectivity index (χ4v) is 4.93. The second-order valence-electron chi connectivity index (χ2n) is 9.06. The maximum atomic E-state index is 13.8. The standard InChI is InChI=1S/C25H26FN3O3/c1-14-19(24(27)31)10-17(32-13-16-5-8-29(16)2)11-20(14)25(6-7-25)21-12-23(30)28-22-9-15(26)3-4-18(21)22/h3-4,9-12,16H,5-8,13H2,1-2H3,(H2,27,31)(H,28,30). The van der Waals surface area contributed by atoms with Crippen molar-refractivity contribution in [2.45, 2.75) is 37.6 Å². The highest BCUT2D eigenvalue weighted by Crippen LogP contribution is 2.56. The first-order valence-corrected chi connectivity index (χ1v) is 10.9. The molecule has 1 aliphatic heterocycles. The summed E-state index contributed by atoms with van der Waals surface area (Å²) in [7, 11) is 2.06. The van der Waals surface area contributed by atoms with Gasteiger partial charge in [0, 0.05) is 28.5 Å². The number of hydrogen-bond donors (Lipinski definition) is 2. The van der Waals surface area contributed by atoms with Gasteiger partial charge in [-0.2, -0.15) is 0 Å². The van der Waals surface area contributed by atoms with Crippen molar-refractivity contribution in [2.75, 3.05) is 20.2 Å². The van der Waals surface area contributed by atoms with Crippen LogP contribution in [0.3, 0.4) is 0 Å². The highest BCUT2D eigenvalue weighted by molar-refractivity contribution is 5.95. The number of benzene rings is 2. The summed E-state index contributed by atoms with van der Waals surface area (Å²) in [6, 6.07) is 10.1. The van der Waals surface area contributed by atoms with E-state index in [2.05, 4.69) is 16.9 Å². The van der Waals surface area contributed by atoms with Gasteiger partial charge < -0.3 is 15.5 Å². The number of nitrogens with one attached hydrogen (secondary N) is 1. The molecule has 2 aromatic carbocycles. The quantitative estimate of drug-likeness (QED) is 0.622. The van der Waals surface area contributed by atoms with Crippen molar-refractivity contribution in [3.8, 4) is 5.75 Å². The number of H-pyrrole nitrogens is 1. The number of carbonyl (C=O) groups is 1. The third-order valence-electron chi connectivity index (χ3n) is 7.11. The summed E-state index contributed by atoms with van der Waals surface area (Å²) in [5.74, 6) is -0.312. The molecule has 1 atom stereocenters. The number of aromatic nitrogens is 1. The van der Waals surface area contributed by atoms with Crippen LogP contribution in [0.25, 0.3) is 10.9 Å². The van der Waals surface area contributed by atoms with Gasteiger partial charge in [-0.3, -0.25) is 14.5 Å². The Labute approximate surface area is 185 Å². The molecule has 1 saturated heterocycles. The van der Waals surface area contributed by atoms with Crippen molar-refractivity contribution in [2.24, 2.45) is 5.73 Å². The third kappa shape index (κ3) is 3.37. The van der Waals surface area contributed by atoms with Crippen LogP contribution in [0.4, 0.5) is 4.39 Å². The molecule has 3 aromatic rings. The maximum Gasteiger partial charge on any atom is 0.249 e. The monoisotopic (exact) mass is 435 g/mol. The molecule has 2 aliphatic rings. The number of rotatable bonds is 6. The largest absolute Gasteiger partial charge is 0.492 e. The lowest BCUT2D eigenvalue weighted by molar-refractivity contribution is 0.0767. The SMILES string of the molecule is Cc1c(C(N)=O)cc(OCC2CCN2C)cc1C1(c2cc(=O)[nH]c3cc(F)ccc23)CC1. The molecule has 0 radical (unpaired) electrons. The number of primary amides is 1. The van der Waals surface area contributed by atoms with Crippen LogP contribution < -0.4 is 16.0 Å². The Morgan fingerprint density at radius 2 is 2.03 bits per heavy atom. The summed E-state index contributed by atoms with van der Waals surface area (Å²) in [6.07, 6.45) is 2.71.